The number of carbonyl (C=O) groups is 2. The number of hydrogen-bond donors (Lipinski definition) is 1. The van der Waals surface area contributed by atoms with Crippen LogP contribution in [0.1, 0.15) is 57.4 Å². The number of aromatic nitrogens is 3. The van der Waals surface area contributed by atoms with Gasteiger partial charge in [0.05, 0.1) is 5.75 Å². The van der Waals surface area contributed by atoms with Crippen LogP contribution in [0.15, 0.2) is 29.4 Å². The van der Waals surface area contributed by atoms with Gasteiger partial charge in [-0.2, -0.15) is 0 Å². The molecule has 1 saturated heterocycles. The van der Waals surface area contributed by atoms with Gasteiger partial charge in [0, 0.05) is 37.2 Å². The summed E-state index contributed by atoms with van der Waals surface area (Å²) in [5, 5.41) is 12.7. The van der Waals surface area contributed by atoms with Gasteiger partial charge in [-0.1, -0.05) is 55.3 Å². The molecule has 4 rings (SSSR count). The van der Waals surface area contributed by atoms with Gasteiger partial charge in [0.2, 0.25) is 11.8 Å². The average Bonchev–Trinajstić information content (AvgIpc) is 3.26. The van der Waals surface area contributed by atoms with Crippen LogP contribution in [-0.2, 0) is 16.1 Å². The van der Waals surface area contributed by atoms with Crippen LogP contribution in [0.25, 0.3) is 11.4 Å². The first kappa shape index (κ1) is 23.8. The van der Waals surface area contributed by atoms with E-state index >= 15 is 0 Å². The van der Waals surface area contributed by atoms with Crippen molar-refractivity contribution in [3.8, 4) is 11.4 Å². The van der Waals surface area contributed by atoms with Crippen molar-refractivity contribution in [1.29, 1.82) is 0 Å². The lowest BCUT2D eigenvalue weighted by Crippen LogP contribution is -2.48. The number of hydrogen-bond acceptors (Lipinski definition) is 5. The van der Waals surface area contributed by atoms with E-state index in [0.29, 0.717) is 11.7 Å². The van der Waals surface area contributed by atoms with E-state index in [1.54, 1.807) is 0 Å². The van der Waals surface area contributed by atoms with Crippen LogP contribution in [0.4, 0.5) is 0 Å². The van der Waals surface area contributed by atoms with E-state index in [9.17, 15) is 9.59 Å². The molecule has 0 bridgehead atoms. The zero-order valence-corrected chi connectivity index (χ0v) is 20.6. The summed E-state index contributed by atoms with van der Waals surface area (Å²) in [6.45, 7) is 6.37. The van der Waals surface area contributed by atoms with Crippen molar-refractivity contribution in [3.63, 3.8) is 0 Å². The van der Waals surface area contributed by atoms with Crippen molar-refractivity contribution in [2.75, 3.05) is 18.8 Å². The molecule has 1 aromatic carbocycles. The van der Waals surface area contributed by atoms with Gasteiger partial charge in [0.25, 0.3) is 0 Å². The highest BCUT2D eigenvalue weighted by atomic mass is 32.2. The predicted molar refractivity (Wildman–Crippen MR) is 131 cm³/mol. The molecule has 1 aliphatic heterocycles. The van der Waals surface area contributed by atoms with Crippen LogP contribution in [0.3, 0.4) is 0 Å². The number of amides is 2. The zero-order valence-electron chi connectivity index (χ0n) is 19.8. The van der Waals surface area contributed by atoms with Gasteiger partial charge in [-0.15, -0.1) is 10.2 Å². The van der Waals surface area contributed by atoms with Crippen LogP contribution >= 0.6 is 11.8 Å². The third-order valence-corrected chi connectivity index (χ3v) is 7.84. The summed E-state index contributed by atoms with van der Waals surface area (Å²) in [7, 11) is 0. The summed E-state index contributed by atoms with van der Waals surface area (Å²) in [4.78, 5) is 27.4. The van der Waals surface area contributed by atoms with E-state index < -0.39 is 0 Å². The van der Waals surface area contributed by atoms with Crippen LogP contribution in [0.2, 0.25) is 0 Å². The maximum atomic E-state index is 12.7. The molecule has 33 heavy (non-hydrogen) atoms. The maximum absolute atomic E-state index is 12.7. The molecule has 1 saturated carbocycles. The molecule has 0 unspecified atom stereocenters. The Labute approximate surface area is 200 Å². The zero-order chi connectivity index (χ0) is 23.2. The summed E-state index contributed by atoms with van der Waals surface area (Å²) in [6.07, 6.45) is 7.37. The first-order valence-electron chi connectivity index (χ1n) is 12.3. The van der Waals surface area contributed by atoms with Crippen molar-refractivity contribution in [2.45, 2.75) is 76.5 Å². The molecule has 2 aliphatic rings. The van der Waals surface area contributed by atoms with Crippen molar-refractivity contribution in [3.05, 3.63) is 29.8 Å². The standard InChI is InChI=1S/C25H35N5O2S/c1-3-30-23(21-12-8-7-9-18(21)2)27-28-25(30)33-17-22(31)26-20-13-15-29(16-14-20)24(32)19-10-5-4-6-11-19/h7-9,12,19-20H,3-6,10-11,13-17H2,1-2H3,(H,26,31). The monoisotopic (exact) mass is 469 g/mol. The largest absolute Gasteiger partial charge is 0.353 e. The second kappa shape index (κ2) is 11.2. The van der Waals surface area contributed by atoms with Gasteiger partial charge >= 0.3 is 0 Å². The molecule has 1 aromatic heterocycles. The number of aryl methyl sites for hydroxylation is 1. The van der Waals surface area contributed by atoms with Crippen molar-refractivity contribution in [2.24, 2.45) is 5.92 Å². The summed E-state index contributed by atoms with van der Waals surface area (Å²) >= 11 is 1.43. The molecular formula is C25H35N5O2S. The Hall–Kier alpha value is -2.35. The van der Waals surface area contributed by atoms with Gasteiger partial charge < -0.3 is 14.8 Å². The van der Waals surface area contributed by atoms with E-state index in [4.69, 9.17) is 0 Å². The van der Waals surface area contributed by atoms with Gasteiger partial charge in [-0.25, -0.2) is 0 Å². The second-order valence-corrected chi connectivity index (χ2v) is 10.1. The van der Waals surface area contributed by atoms with E-state index in [-0.39, 0.29) is 17.9 Å². The summed E-state index contributed by atoms with van der Waals surface area (Å²) in [6, 6.07) is 8.28. The molecule has 2 aromatic rings. The fraction of sp³-hybridized carbons (Fsp3) is 0.600. The third-order valence-electron chi connectivity index (χ3n) is 6.88. The van der Waals surface area contributed by atoms with E-state index in [0.717, 1.165) is 67.4 Å². The van der Waals surface area contributed by atoms with Crippen molar-refractivity contribution < 1.29 is 9.59 Å². The summed E-state index contributed by atoms with van der Waals surface area (Å²) in [5.41, 5.74) is 2.22. The SMILES string of the molecule is CCn1c(SCC(=O)NC2CCN(C(=O)C3CCCCC3)CC2)nnc1-c1ccccc1C. The molecular weight excluding hydrogens is 434 g/mol. The number of nitrogens with zero attached hydrogens (tertiary/aromatic N) is 4. The van der Waals surface area contributed by atoms with Gasteiger partial charge in [0.15, 0.2) is 11.0 Å². The number of nitrogens with one attached hydrogen (secondary N) is 1. The van der Waals surface area contributed by atoms with Crippen LogP contribution < -0.4 is 5.32 Å². The Bertz CT molecular complexity index is 961. The summed E-state index contributed by atoms with van der Waals surface area (Å²) < 4.78 is 2.07. The molecule has 2 fully saturated rings. The second-order valence-electron chi connectivity index (χ2n) is 9.16. The first-order valence-corrected chi connectivity index (χ1v) is 13.3. The molecule has 2 amide bonds. The maximum Gasteiger partial charge on any atom is 0.230 e. The minimum absolute atomic E-state index is 0.0140. The molecule has 178 valence electrons. The number of benzene rings is 1. The minimum atomic E-state index is 0.0140. The highest BCUT2D eigenvalue weighted by Crippen LogP contribution is 2.28. The molecule has 0 spiro atoms. The van der Waals surface area contributed by atoms with Crippen LogP contribution in [-0.4, -0.2) is 56.4 Å². The number of thioether (sulfide) groups is 1. The number of carbonyl (C=O) groups excluding carboxylic acids is 2. The number of piperidine rings is 1. The Balaban J connectivity index is 1.26. The number of rotatable bonds is 7. The Morgan fingerprint density at radius 3 is 2.48 bits per heavy atom. The van der Waals surface area contributed by atoms with Gasteiger partial charge in [-0.05, 0) is 45.1 Å². The van der Waals surface area contributed by atoms with E-state index in [1.165, 1.54) is 31.0 Å². The van der Waals surface area contributed by atoms with E-state index in [1.807, 2.05) is 17.0 Å². The molecule has 2 heterocycles. The van der Waals surface area contributed by atoms with Crippen molar-refractivity contribution in [1.82, 2.24) is 25.0 Å². The first-order chi connectivity index (χ1) is 16.1. The number of likely N-dealkylation sites (tertiary alicyclic amines) is 1. The molecule has 0 radical (unpaired) electrons. The highest BCUT2D eigenvalue weighted by molar-refractivity contribution is 7.99. The fourth-order valence-corrected chi connectivity index (χ4v) is 5.77. The predicted octanol–water partition coefficient (Wildman–Crippen LogP) is 4.05. The Morgan fingerprint density at radius 1 is 1.06 bits per heavy atom. The highest BCUT2D eigenvalue weighted by Gasteiger charge is 2.29. The Kier molecular flexibility index (Phi) is 8.06. The topological polar surface area (TPSA) is 80.1 Å². The molecule has 1 N–H and O–H groups in total. The van der Waals surface area contributed by atoms with Crippen LogP contribution in [0.5, 0.6) is 0 Å². The molecule has 8 heteroatoms. The molecule has 7 nitrogen and oxygen atoms in total. The lowest BCUT2D eigenvalue weighted by atomic mass is 9.87. The van der Waals surface area contributed by atoms with Gasteiger partial charge in [0.1, 0.15) is 0 Å². The molecule has 1 aliphatic carbocycles. The fourth-order valence-electron chi connectivity index (χ4n) is 4.95. The summed E-state index contributed by atoms with van der Waals surface area (Å²) in [5.74, 6) is 1.72. The van der Waals surface area contributed by atoms with Gasteiger partial charge in [-0.3, -0.25) is 9.59 Å². The van der Waals surface area contributed by atoms with Crippen LogP contribution in [0, 0.1) is 12.8 Å². The van der Waals surface area contributed by atoms with E-state index in [2.05, 4.69) is 46.1 Å². The smallest absolute Gasteiger partial charge is 0.230 e. The quantitative estimate of drug-likeness (QED) is 0.619. The normalized spacial score (nSPS) is 17.8. The average molecular weight is 470 g/mol. The molecule has 0 atom stereocenters. The van der Waals surface area contributed by atoms with Crippen molar-refractivity contribution >= 4 is 23.6 Å². The lowest BCUT2D eigenvalue weighted by Gasteiger charge is -2.35. The third kappa shape index (κ3) is 5.78. The minimum Gasteiger partial charge on any atom is -0.353 e. The Morgan fingerprint density at radius 2 is 1.79 bits per heavy atom. The lowest BCUT2D eigenvalue weighted by molar-refractivity contribution is -0.137.